The average Bonchev–Trinajstić information content (AvgIpc) is 2.48. The van der Waals surface area contributed by atoms with E-state index in [-0.39, 0.29) is 6.61 Å². The molecule has 0 rings (SSSR count). The van der Waals surface area contributed by atoms with Gasteiger partial charge in [0.2, 0.25) is 0 Å². The van der Waals surface area contributed by atoms with Gasteiger partial charge in [-0.15, -0.1) is 0 Å². The van der Waals surface area contributed by atoms with Crippen molar-refractivity contribution in [1.29, 1.82) is 0 Å². The van der Waals surface area contributed by atoms with Crippen molar-refractivity contribution < 1.29 is 23.8 Å². The van der Waals surface area contributed by atoms with Gasteiger partial charge in [0.25, 0.3) is 0 Å². The quantitative estimate of drug-likeness (QED) is 0.376. The van der Waals surface area contributed by atoms with Crippen molar-refractivity contribution in [2.75, 3.05) is 13.2 Å². The number of hydrogen-bond acceptors (Lipinski definition) is 3. The lowest BCUT2D eigenvalue weighted by Crippen LogP contribution is -2.37. The van der Waals surface area contributed by atoms with Crippen LogP contribution in [0.1, 0.15) is 87.5 Å². The van der Waals surface area contributed by atoms with Crippen LogP contribution >= 0.6 is 7.60 Å². The molecule has 0 aromatic rings. The molecule has 0 aliphatic rings. The summed E-state index contributed by atoms with van der Waals surface area (Å²) in [5, 5.41) is -1.50. The summed E-state index contributed by atoms with van der Waals surface area (Å²) in [5.74, 6) is 1.99. The van der Waals surface area contributed by atoms with Gasteiger partial charge in [-0.1, -0.05) is 53.4 Å². The summed E-state index contributed by atoms with van der Waals surface area (Å²) in [6.07, 6.45) is 6.26. The molecule has 0 saturated heterocycles. The summed E-state index contributed by atoms with van der Waals surface area (Å²) in [7, 11) is -4.31. The molecular formula is C20H43O5P. The molecule has 2 unspecified atom stereocenters. The Morgan fingerprint density at radius 3 is 1.88 bits per heavy atom. The van der Waals surface area contributed by atoms with Crippen LogP contribution in [-0.4, -0.2) is 33.9 Å². The number of ether oxygens (including phenoxy) is 2. The summed E-state index contributed by atoms with van der Waals surface area (Å²) in [4.78, 5) is 18.6. The first-order valence-corrected chi connectivity index (χ1v) is 11.6. The maximum absolute atomic E-state index is 11.4. The lowest BCUT2D eigenvalue weighted by atomic mass is 9.93. The minimum Gasteiger partial charge on any atom is -0.373 e. The molecule has 0 amide bonds. The minimum atomic E-state index is -4.31. The molecule has 0 aromatic carbocycles. The topological polar surface area (TPSA) is 76.0 Å². The standard InChI is InChI=1S/C20H43O5P/c1-16(2)10-9-11-17(3)12-13-18(4)14-24-19(5,6)15-25-20(7,8)26(21,22)23/h16-18H,9-15H2,1-8H3,(H2,21,22,23). The van der Waals surface area contributed by atoms with Crippen LogP contribution in [0, 0.1) is 17.8 Å². The third-order valence-electron chi connectivity index (χ3n) is 4.86. The summed E-state index contributed by atoms with van der Waals surface area (Å²) >= 11 is 0. The van der Waals surface area contributed by atoms with Gasteiger partial charge in [0.1, 0.15) is 0 Å². The fourth-order valence-corrected chi connectivity index (χ4v) is 2.75. The van der Waals surface area contributed by atoms with Crippen LogP contribution < -0.4 is 0 Å². The Labute approximate surface area is 161 Å². The second kappa shape index (κ2) is 11.2. The maximum Gasteiger partial charge on any atom is 0.356 e. The Kier molecular flexibility index (Phi) is 11.2. The van der Waals surface area contributed by atoms with Crippen molar-refractivity contribution in [1.82, 2.24) is 0 Å². The molecular weight excluding hydrogens is 351 g/mol. The molecule has 0 aliphatic carbocycles. The van der Waals surface area contributed by atoms with Crippen molar-refractivity contribution in [3.8, 4) is 0 Å². The summed E-state index contributed by atoms with van der Waals surface area (Å²) < 4.78 is 22.9. The smallest absolute Gasteiger partial charge is 0.356 e. The van der Waals surface area contributed by atoms with Crippen LogP contribution in [0.3, 0.4) is 0 Å². The normalized spacial score (nSPS) is 16.1. The zero-order chi connectivity index (χ0) is 20.6. The van der Waals surface area contributed by atoms with E-state index >= 15 is 0 Å². The van der Waals surface area contributed by atoms with Gasteiger partial charge >= 0.3 is 7.60 Å². The third kappa shape index (κ3) is 11.7. The van der Waals surface area contributed by atoms with E-state index in [4.69, 9.17) is 9.47 Å². The molecule has 0 heterocycles. The van der Waals surface area contributed by atoms with Gasteiger partial charge in [-0.2, -0.15) is 0 Å². The number of rotatable bonds is 14. The molecule has 0 aromatic heterocycles. The molecule has 5 nitrogen and oxygen atoms in total. The molecule has 0 bridgehead atoms. The van der Waals surface area contributed by atoms with Crippen LogP contribution in [0.4, 0.5) is 0 Å². The van der Waals surface area contributed by atoms with E-state index in [0.29, 0.717) is 12.5 Å². The second-order valence-corrected chi connectivity index (χ2v) is 11.6. The van der Waals surface area contributed by atoms with Crippen LogP contribution in [0.25, 0.3) is 0 Å². The molecule has 0 saturated carbocycles. The van der Waals surface area contributed by atoms with Crippen molar-refractivity contribution in [3.63, 3.8) is 0 Å². The van der Waals surface area contributed by atoms with E-state index < -0.39 is 18.5 Å². The van der Waals surface area contributed by atoms with Gasteiger partial charge in [0.15, 0.2) is 5.34 Å². The van der Waals surface area contributed by atoms with Crippen molar-refractivity contribution >= 4 is 7.60 Å². The predicted molar refractivity (Wildman–Crippen MR) is 108 cm³/mol. The van der Waals surface area contributed by atoms with Crippen molar-refractivity contribution in [2.45, 2.75) is 98.4 Å². The van der Waals surface area contributed by atoms with E-state index in [2.05, 4.69) is 27.7 Å². The Morgan fingerprint density at radius 1 is 0.846 bits per heavy atom. The molecule has 2 N–H and O–H groups in total. The average molecular weight is 395 g/mol. The second-order valence-electron chi connectivity index (χ2n) is 9.46. The van der Waals surface area contributed by atoms with Crippen LogP contribution in [-0.2, 0) is 14.0 Å². The molecule has 6 heteroatoms. The maximum atomic E-state index is 11.4. The van der Waals surface area contributed by atoms with Gasteiger partial charge in [0, 0.05) is 6.61 Å². The lowest BCUT2D eigenvalue weighted by molar-refractivity contribution is -0.109. The van der Waals surface area contributed by atoms with Gasteiger partial charge < -0.3 is 19.3 Å². The van der Waals surface area contributed by atoms with E-state index in [1.165, 1.54) is 39.5 Å². The molecule has 0 spiro atoms. The van der Waals surface area contributed by atoms with E-state index in [1.807, 2.05) is 13.8 Å². The first-order chi connectivity index (χ1) is 11.7. The van der Waals surface area contributed by atoms with Crippen LogP contribution in [0.15, 0.2) is 0 Å². The summed E-state index contributed by atoms with van der Waals surface area (Å²) in [6.45, 7) is 16.4. The Hall–Kier alpha value is 0.0700. The van der Waals surface area contributed by atoms with Crippen molar-refractivity contribution in [2.24, 2.45) is 17.8 Å². The van der Waals surface area contributed by atoms with Gasteiger partial charge in [-0.25, -0.2) is 0 Å². The molecule has 0 aliphatic heterocycles. The predicted octanol–water partition coefficient (Wildman–Crippen LogP) is 5.59. The summed E-state index contributed by atoms with van der Waals surface area (Å²) in [6, 6.07) is 0. The largest absolute Gasteiger partial charge is 0.373 e. The minimum absolute atomic E-state index is 0.142. The van der Waals surface area contributed by atoms with Gasteiger partial charge in [-0.3, -0.25) is 4.57 Å². The lowest BCUT2D eigenvalue weighted by Gasteiger charge is -2.33. The summed E-state index contributed by atoms with van der Waals surface area (Å²) in [5.41, 5.74) is -0.580. The first kappa shape index (κ1) is 26.1. The Bertz CT molecular complexity index is 428. The first-order valence-electron chi connectivity index (χ1n) is 10.00. The Balaban J connectivity index is 4.12. The van der Waals surface area contributed by atoms with Crippen LogP contribution in [0.2, 0.25) is 0 Å². The molecule has 26 heavy (non-hydrogen) atoms. The molecule has 0 radical (unpaired) electrons. The van der Waals surface area contributed by atoms with Gasteiger partial charge in [0.05, 0.1) is 12.2 Å². The third-order valence-corrected chi connectivity index (χ3v) is 6.40. The van der Waals surface area contributed by atoms with E-state index in [9.17, 15) is 14.4 Å². The highest BCUT2D eigenvalue weighted by Crippen LogP contribution is 2.50. The number of hydrogen-bond donors (Lipinski definition) is 2. The van der Waals surface area contributed by atoms with E-state index in [0.717, 1.165) is 18.3 Å². The fraction of sp³-hybridized carbons (Fsp3) is 1.00. The zero-order valence-electron chi connectivity index (χ0n) is 18.2. The highest BCUT2D eigenvalue weighted by molar-refractivity contribution is 7.53. The molecule has 158 valence electrons. The Morgan fingerprint density at radius 2 is 1.38 bits per heavy atom. The zero-order valence-corrected chi connectivity index (χ0v) is 19.1. The van der Waals surface area contributed by atoms with Gasteiger partial charge in [-0.05, 0) is 51.9 Å². The monoisotopic (exact) mass is 394 g/mol. The fourth-order valence-electron chi connectivity index (χ4n) is 2.52. The highest BCUT2D eigenvalue weighted by atomic mass is 31.2. The highest BCUT2D eigenvalue weighted by Gasteiger charge is 2.40. The van der Waals surface area contributed by atoms with Crippen LogP contribution in [0.5, 0.6) is 0 Å². The van der Waals surface area contributed by atoms with E-state index in [1.54, 1.807) is 0 Å². The SMILES string of the molecule is CC(C)CCCC(C)CCC(C)COC(C)(C)COC(C)(C)P(=O)(O)O. The molecule has 0 fully saturated rings. The van der Waals surface area contributed by atoms with Crippen molar-refractivity contribution in [3.05, 3.63) is 0 Å². The molecule has 2 atom stereocenters.